The minimum atomic E-state index is -0.816. The largest absolute Gasteiger partial charge is 0.383 e. The molecule has 0 saturated carbocycles. The highest BCUT2D eigenvalue weighted by atomic mass is 19.2. The molecule has 1 aromatic rings. The molecule has 0 heterocycles. The number of nitrogens with one attached hydrogen (secondary N) is 1. The molecule has 1 aromatic carbocycles. The van der Waals surface area contributed by atoms with Gasteiger partial charge in [0.15, 0.2) is 11.6 Å². The van der Waals surface area contributed by atoms with E-state index in [0.717, 1.165) is 11.6 Å². The Balaban J connectivity index is 2.47. The monoisotopic (exact) mass is 215 g/mol. The molecule has 0 fully saturated rings. The third-order valence-corrected chi connectivity index (χ3v) is 2.06. The molecule has 1 N–H and O–H groups in total. The summed E-state index contributed by atoms with van der Waals surface area (Å²) >= 11 is 0. The number of rotatable bonds is 5. The Morgan fingerprint density at radius 3 is 2.67 bits per heavy atom. The summed E-state index contributed by atoms with van der Waals surface area (Å²) in [5.41, 5.74) is 0.719. The van der Waals surface area contributed by atoms with E-state index in [4.69, 9.17) is 4.74 Å². The van der Waals surface area contributed by atoms with Crippen LogP contribution < -0.4 is 5.32 Å². The summed E-state index contributed by atoms with van der Waals surface area (Å²) < 4.78 is 30.4. The van der Waals surface area contributed by atoms with E-state index < -0.39 is 11.6 Å². The van der Waals surface area contributed by atoms with E-state index in [-0.39, 0.29) is 6.04 Å². The summed E-state index contributed by atoms with van der Waals surface area (Å²) in [5, 5.41) is 3.13. The summed E-state index contributed by atoms with van der Waals surface area (Å²) in [6, 6.07) is 4.07. The van der Waals surface area contributed by atoms with Gasteiger partial charge in [0.25, 0.3) is 0 Å². The molecule has 0 bridgehead atoms. The van der Waals surface area contributed by atoms with Gasteiger partial charge in [0.05, 0.1) is 6.61 Å². The highest BCUT2D eigenvalue weighted by Gasteiger charge is 2.04. The molecule has 0 amide bonds. The van der Waals surface area contributed by atoms with E-state index >= 15 is 0 Å². The SMILES string of the molecule is COCC(C)NCc1ccc(F)c(F)c1. The Kier molecular flexibility index (Phi) is 4.65. The van der Waals surface area contributed by atoms with Gasteiger partial charge in [-0.1, -0.05) is 6.07 Å². The van der Waals surface area contributed by atoms with Crippen molar-refractivity contribution in [2.75, 3.05) is 13.7 Å². The minimum absolute atomic E-state index is 0.183. The number of hydrogen-bond donors (Lipinski definition) is 1. The fourth-order valence-corrected chi connectivity index (χ4v) is 1.25. The molecule has 0 radical (unpaired) electrons. The Hall–Kier alpha value is -1.00. The number of benzene rings is 1. The van der Waals surface area contributed by atoms with E-state index in [2.05, 4.69) is 5.32 Å². The van der Waals surface area contributed by atoms with E-state index in [1.807, 2.05) is 6.92 Å². The normalized spacial score (nSPS) is 12.8. The summed E-state index contributed by atoms with van der Waals surface area (Å²) in [5.74, 6) is -1.63. The van der Waals surface area contributed by atoms with Crippen molar-refractivity contribution in [3.8, 4) is 0 Å². The van der Waals surface area contributed by atoms with Crippen molar-refractivity contribution < 1.29 is 13.5 Å². The molecule has 4 heteroatoms. The maximum absolute atomic E-state index is 12.8. The van der Waals surface area contributed by atoms with Gasteiger partial charge in [-0.2, -0.15) is 0 Å². The lowest BCUT2D eigenvalue weighted by Crippen LogP contribution is -2.29. The molecule has 0 aliphatic heterocycles. The average Bonchev–Trinajstić information content (AvgIpc) is 2.20. The number of ether oxygens (including phenoxy) is 1. The van der Waals surface area contributed by atoms with Crippen LogP contribution in [0.5, 0.6) is 0 Å². The van der Waals surface area contributed by atoms with Crippen molar-refractivity contribution in [1.82, 2.24) is 5.32 Å². The number of halogens is 2. The molecular formula is C11H15F2NO. The second kappa shape index (κ2) is 5.78. The minimum Gasteiger partial charge on any atom is -0.383 e. The second-order valence-corrected chi connectivity index (χ2v) is 3.49. The van der Waals surface area contributed by atoms with Gasteiger partial charge in [0.2, 0.25) is 0 Å². The van der Waals surface area contributed by atoms with Gasteiger partial charge in [-0.15, -0.1) is 0 Å². The fraction of sp³-hybridized carbons (Fsp3) is 0.455. The molecule has 84 valence electrons. The summed E-state index contributed by atoms with van der Waals surface area (Å²) in [6.07, 6.45) is 0. The first-order valence-corrected chi connectivity index (χ1v) is 4.79. The molecule has 2 nitrogen and oxygen atoms in total. The van der Waals surface area contributed by atoms with Gasteiger partial charge in [-0.05, 0) is 24.6 Å². The quantitative estimate of drug-likeness (QED) is 0.812. The maximum atomic E-state index is 12.8. The van der Waals surface area contributed by atoms with Crippen LogP contribution in [-0.2, 0) is 11.3 Å². The lowest BCUT2D eigenvalue weighted by Gasteiger charge is -2.12. The van der Waals surface area contributed by atoms with Crippen LogP contribution >= 0.6 is 0 Å². The first-order chi connectivity index (χ1) is 7.13. The average molecular weight is 215 g/mol. The molecular weight excluding hydrogens is 200 g/mol. The summed E-state index contributed by atoms with van der Waals surface area (Å²) in [6.45, 7) is 3.05. The Bertz CT molecular complexity index is 317. The molecule has 0 saturated heterocycles. The van der Waals surface area contributed by atoms with Crippen molar-refractivity contribution in [3.63, 3.8) is 0 Å². The zero-order chi connectivity index (χ0) is 11.3. The smallest absolute Gasteiger partial charge is 0.159 e. The van der Waals surface area contributed by atoms with Crippen LogP contribution in [-0.4, -0.2) is 19.8 Å². The van der Waals surface area contributed by atoms with Gasteiger partial charge in [-0.25, -0.2) is 8.78 Å². The first-order valence-electron chi connectivity index (χ1n) is 4.79. The zero-order valence-corrected chi connectivity index (χ0v) is 8.89. The van der Waals surface area contributed by atoms with Gasteiger partial charge < -0.3 is 10.1 Å². The van der Waals surface area contributed by atoms with Crippen molar-refractivity contribution in [1.29, 1.82) is 0 Å². The van der Waals surface area contributed by atoms with Crippen molar-refractivity contribution in [3.05, 3.63) is 35.4 Å². The van der Waals surface area contributed by atoms with Crippen LogP contribution in [0.15, 0.2) is 18.2 Å². The molecule has 0 spiro atoms. The lowest BCUT2D eigenvalue weighted by molar-refractivity contribution is 0.171. The lowest BCUT2D eigenvalue weighted by atomic mass is 10.2. The molecule has 1 unspecified atom stereocenters. The van der Waals surface area contributed by atoms with Gasteiger partial charge >= 0.3 is 0 Å². The molecule has 0 aromatic heterocycles. The molecule has 1 atom stereocenters. The van der Waals surface area contributed by atoms with Crippen molar-refractivity contribution in [2.24, 2.45) is 0 Å². The Labute approximate surface area is 88.3 Å². The van der Waals surface area contributed by atoms with Crippen molar-refractivity contribution in [2.45, 2.75) is 19.5 Å². The van der Waals surface area contributed by atoms with Crippen LogP contribution in [0.4, 0.5) is 8.78 Å². The standard InChI is InChI=1S/C11H15F2NO/c1-8(7-15-2)14-6-9-3-4-10(12)11(13)5-9/h3-5,8,14H,6-7H2,1-2H3. The Morgan fingerprint density at radius 2 is 2.07 bits per heavy atom. The van der Waals surface area contributed by atoms with E-state index in [9.17, 15) is 8.78 Å². The predicted molar refractivity (Wildman–Crippen MR) is 54.5 cm³/mol. The number of methoxy groups -OCH3 is 1. The van der Waals surface area contributed by atoms with Gasteiger partial charge in [0.1, 0.15) is 0 Å². The van der Waals surface area contributed by atoms with Crippen LogP contribution in [0.1, 0.15) is 12.5 Å². The topological polar surface area (TPSA) is 21.3 Å². The van der Waals surface area contributed by atoms with Crippen LogP contribution in [0.25, 0.3) is 0 Å². The second-order valence-electron chi connectivity index (χ2n) is 3.49. The number of hydrogen-bond acceptors (Lipinski definition) is 2. The van der Waals surface area contributed by atoms with Crippen molar-refractivity contribution >= 4 is 0 Å². The summed E-state index contributed by atoms with van der Waals surface area (Å²) in [4.78, 5) is 0. The van der Waals surface area contributed by atoms with E-state index in [1.54, 1.807) is 13.2 Å². The van der Waals surface area contributed by atoms with Crippen LogP contribution in [0, 0.1) is 11.6 Å². The third-order valence-electron chi connectivity index (χ3n) is 2.06. The Morgan fingerprint density at radius 1 is 1.33 bits per heavy atom. The summed E-state index contributed by atoms with van der Waals surface area (Å²) in [7, 11) is 1.62. The zero-order valence-electron chi connectivity index (χ0n) is 8.89. The highest BCUT2D eigenvalue weighted by Crippen LogP contribution is 2.08. The van der Waals surface area contributed by atoms with Gasteiger partial charge in [0, 0.05) is 19.7 Å². The third kappa shape index (κ3) is 3.93. The van der Waals surface area contributed by atoms with Crippen LogP contribution in [0.3, 0.4) is 0 Å². The fourth-order valence-electron chi connectivity index (χ4n) is 1.25. The van der Waals surface area contributed by atoms with E-state index in [1.165, 1.54) is 6.07 Å². The highest BCUT2D eigenvalue weighted by molar-refractivity contribution is 5.17. The van der Waals surface area contributed by atoms with Gasteiger partial charge in [-0.3, -0.25) is 0 Å². The molecule has 15 heavy (non-hydrogen) atoms. The van der Waals surface area contributed by atoms with E-state index in [0.29, 0.717) is 13.2 Å². The first kappa shape index (κ1) is 12.1. The predicted octanol–water partition coefficient (Wildman–Crippen LogP) is 2.09. The molecule has 1 rings (SSSR count). The maximum Gasteiger partial charge on any atom is 0.159 e. The molecule has 0 aliphatic carbocycles. The molecule has 0 aliphatic rings. The van der Waals surface area contributed by atoms with Crippen LogP contribution in [0.2, 0.25) is 0 Å².